The maximum atomic E-state index is 5.49. The monoisotopic (exact) mass is 418 g/mol. The molecule has 2 N–H and O–H groups in total. The van der Waals surface area contributed by atoms with Crippen molar-refractivity contribution < 1.29 is 8.83 Å². The van der Waals surface area contributed by atoms with Gasteiger partial charge >= 0.3 is 0 Å². The summed E-state index contributed by atoms with van der Waals surface area (Å²) in [6, 6.07) is 21.5. The zero-order valence-electron chi connectivity index (χ0n) is 17.6. The molecule has 0 bridgehead atoms. The van der Waals surface area contributed by atoms with E-state index in [4.69, 9.17) is 8.83 Å². The summed E-state index contributed by atoms with van der Waals surface area (Å²) < 4.78 is 11.0. The SMILES string of the molecule is c1coc(CCc2cc3ccc4c(c3[nH]2)-c2ccc3cc(CCc5ccco5)[nH]c3c2-4)c1. The van der Waals surface area contributed by atoms with Gasteiger partial charge in [0.1, 0.15) is 11.5 Å². The minimum absolute atomic E-state index is 0.905. The number of aromatic nitrogens is 2. The summed E-state index contributed by atoms with van der Waals surface area (Å²) in [5.74, 6) is 2.05. The third kappa shape index (κ3) is 2.69. The number of nitrogens with one attached hydrogen (secondary N) is 2. The van der Waals surface area contributed by atoms with E-state index in [0.717, 1.165) is 37.2 Å². The molecule has 4 aromatic heterocycles. The van der Waals surface area contributed by atoms with Crippen molar-refractivity contribution in [1.82, 2.24) is 9.97 Å². The molecule has 0 amide bonds. The molecule has 1 aliphatic rings. The zero-order valence-corrected chi connectivity index (χ0v) is 17.6. The minimum atomic E-state index is 0.905. The van der Waals surface area contributed by atoms with Crippen LogP contribution in [0, 0.1) is 0 Å². The number of aryl methyl sites for hydroxylation is 4. The number of furan rings is 2. The molecule has 1 aliphatic carbocycles. The maximum absolute atomic E-state index is 5.49. The lowest BCUT2D eigenvalue weighted by Gasteiger charge is -2.25. The normalized spacial score (nSPS) is 12.2. The highest BCUT2D eigenvalue weighted by Gasteiger charge is 2.28. The topological polar surface area (TPSA) is 57.9 Å². The average Bonchev–Trinajstić information content (AvgIpc) is 3.58. The average molecular weight is 418 g/mol. The van der Waals surface area contributed by atoms with Crippen LogP contribution in [0.5, 0.6) is 0 Å². The van der Waals surface area contributed by atoms with Crippen molar-refractivity contribution >= 4 is 21.8 Å². The Morgan fingerprint density at radius 3 is 1.50 bits per heavy atom. The van der Waals surface area contributed by atoms with E-state index in [1.165, 1.54) is 55.4 Å². The first-order valence-corrected chi connectivity index (χ1v) is 11.2. The molecule has 156 valence electrons. The second-order valence-electron chi connectivity index (χ2n) is 8.65. The van der Waals surface area contributed by atoms with Crippen LogP contribution in [0.3, 0.4) is 0 Å². The van der Waals surface area contributed by atoms with Gasteiger partial charge in [0.25, 0.3) is 0 Å². The van der Waals surface area contributed by atoms with Gasteiger partial charge in [-0.3, -0.25) is 0 Å². The van der Waals surface area contributed by atoms with Gasteiger partial charge in [0.15, 0.2) is 0 Å². The van der Waals surface area contributed by atoms with Gasteiger partial charge in [-0.1, -0.05) is 24.3 Å². The first kappa shape index (κ1) is 17.7. The van der Waals surface area contributed by atoms with Gasteiger partial charge in [-0.2, -0.15) is 0 Å². The molecule has 0 unspecified atom stereocenters. The fraction of sp³-hybridized carbons (Fsp3) is 0.143. The van der Waals surface area contributed by atoms with Crippen molar-refractivity contribution in [3.8, 4) is 22.3 Å². The third-order valence-corrected chi connectivity index (χ3v) is 6.69. The lowest BCUT2D eigenvalue weighted by molar-refractivity contribution is 0.507. The molecule has 6 aromatic rings. The van der Waals surface area contributed by atoms with Gasteiger partial charge in [-0.25, -0.2) is 0 Å². The molecular formula is C28H22N2O2. The van der Waals surface area contributed by atoms with Crippen molar-refractivity contribution in [3.63, 3.8) is 0 Å². The summed E-state index contributed by atoms with van der Waals surface area (Å²) in [5, 5.41) is 2.55. The Labute approximate surface area is 184 Å². The van der Waals surface area contributed by atoms with Crippen molar-refractivity contribution in [1.29, 1.82) is 0 Å². The molecule has 0 atom stereocenters. The second-order valence-corrected chi connectivity index (χ2v) is 8.65. The van der Waals surface area contributed by atoms with Gasteiger partial charge in [-0.15, -0.1) is 0 Å². The highest BCUT2D eigenvalue weighted by atomic mass is 16.3. The predicted molar refractivity (Wildman–Crippen MR) is 127 cm³/mol. The van der Waals surface area contributed by atoms with Crippen LogP contribution in [-0.2, 0) is 25.7 Å². The number of hydrogen-bond donors (Lipinski definition) is 2. The molecule has 4 nitrogen and oxygen atoms in total. The number of aromatic amines is 2. The molecule has 0 radical (unpaired) electrons. The van der Waals surface area contributed by atoms with Crippen molar-refractivity contribution in [2.75, 3.05) is 0 Å². The van der Waals surface area contributed by atoms with E-state index >= 15 is 0 Å². The first-order chi connectivity index (χ1) is 15.8. The summed E-state index contributed by atoms with van der Waals surface area (Å²) >= 11 is 0. The van der Waals surface area contributed by atoms with E-state index < -0.39 is 0 Å². The first-order valence-electron chi connectivity index (χ1n) is 11.2. The van der Waals surface area contributed by atoms with Crippen LogP contribution in [-0.4, -0.2) is 9.97 Å². The molecule has 7 rings (SSSR count). The summed E-state index contributed by atoms with van der Waals surface area (Å²) in [5.41, 5.74) is 10.3. The van der Waals surface area contributed by atoms with Crippen LogP contribution in [0.15, 0.2) is 82.0 Å². The lowest BCUT2D eigenvalue weighted by atomic mass is 9.78. The Balaban J connectivity index is 1.22. The van der Waals surface area contributed by atoms with E-state index in [2.05, 4.69) is 46.4 Å². The van der Waals surface area contributed by atoms with Crippen LogP contribution in [0.2, 0.25) is 0 Å². The molecule has 0 saturated heterocycles. The number of benzene rings is 2. The molecule has 0 fully saturated rings. The van der Waals surface area contributed by atoms with E-state index in [-0.39, 0.29) is 0 Å². The van der Waals surface area contributed by atoms with Gasteiger partial charge in [-0.05, 0) is 60.4 Å². The predicted octanol–water partition coefficient (Wildman–Crippen LogP) is 7.05. The molecular weight excluding hydrogens is 396 g/mol. The van der Waals surface area contributed by atoms with E-state index in [0.29, 0.717) is 0 Å². The standard InChI is InChI=1S/C28H22N2O2/c1-3-21(31-13-1)9-7-19-15-17-5-11-23-25(27(17)29-19)24-12-6-18-16-20(30-28(18)26(23)24)8-10-22-4-2-14-32-22/h1-6,11-16,29-30H,7-10H2. The minimum Gasteiger partial charge on any atom is -0.469 e. The van der Waals surface area contributed by atoms with Crippen LogP contribution in [0.25, 0.3) is 44.1 Å². The van der Waals surface area contributed by atoms with Crippen LogP contribution < -0.4 is 0 Å². The Morgan fingerprint density at radius 1 is 0.562 bits per heavy atom. The maximum Gasteiger partial charge on any atom is 0.104 e. The van der Waals surface area contributed by atoms with Crippen LogP contribution >= 0.6 is 0 Å². The molecule has 0 saturated carbocycles. The Hall–Kier alpha value is -3.92. The number of fused-ring (bicyclic) bond motifs is 8. The van der Waals surface area contributed by atoms with E-state index in [9.17, 15) is 0 Å². The van der Waals surface area contributed by atoms with E-state index in [1.54, 1.807) is 12.5 Å². The van der Waals surface area contributed by atoms with Crippen molar-refractivity contribution in [2.45, 2.75) is 25.7 Å². The fourth-order valence-electron chi connectivity index (χ4n) is 5.12. The number of hydrogen-bond acceptors (Lipinski definition) is 2. The van der Waals surface area contributed by atoms with E-state index in [1.807, 2.05) is 24.3 Å². The second kappa shape index (κ2) is 6.79. The third-order valence-electron chi connectivity index (χ3n) is 6.69. The molecule has 0 spiro atoms. The summed E-state index contributed by atoms with van der Waals surface area (Å²) in [7, 11) is 0. The quantitative estimate of drug-likeness (QED) is 0.304. The van der Waals surface area contributed by atoms with Gasteiger partial charge in [0.05, 0.1) is 23.6 Å². The van der Waals surface area contributed by atoms with Crippen LogP contribution in [0.1, 0.15) is 22.9 Å². The van der Waals surface area contributed by atoms with Crippen LogP contribution in [0.4, 0.5) is 0 Å². The Bertz CT molecular complexity index is 1430. The molecule has 32 heavy (non-hydrogen) atoms. The van der Waals surface area contributed by atoms with Crippen molar-refractivity contribution in [2.24, 2.45) is 0 Å². The smallest absolute Gasteiger partial charge is 0.104 e. The number of H-pyrrole nitrogens is 2. The zero-order chi connectivity index (χ0) is 21.1. The molecule has 2 aromatic carbocycles. The van der Waals surface area contributed by atoms with Gasteiger partial charge in [0.2, 0.25) is 0 Å². The van der Waals surface area contributed by atoms with Crippen molar-refractivity contribution in [3.05, 3.63) is 96.1 Å². The summed E-state index contributed by atoms with van der Waals surface area (Å²) in [4.78, 5) is 7.37. The van der Waals surface area contributed by atoms with Gasteiger partial charge in [0, 0.05) is 46.1 Å². The molecule has 0 aliphatic heterocycles. The fourth-order valence-corrected chi connectivity index (χ4v) is 5.12. The summed E-state index contributed by atoms with van der Waals surface area (Å²) in [6.45, 7) is 0. The number of rotatable bonds is 6. The molecule has 4 heterocycles. The summed E-state index contributed by atoms with van der Waals surface area (Å²) in [6.07, 6.45) is 7.18. The largest absolute Gasteiger partial charge is 0.469 e. The lowest BCUT2D eigenvalue weighted by Crippen LogP contribution is -2.00. The van der Waals surface area contributed by atoms with Gasteiger partial charge < -0.3 is 18.8 Å². The Morgan fingerprint density at radius 2 is 1.06 bits per heavy atom. The highest BCUT2D eigenvalue weighted by Crippen LogP contribution is 2.53. The Kier molecular flexibility index (Phi) is 3.76. The highest BCUT2D eigenvalue weighted by molar-refractivity contribution is 6.20. The molecule has 4 heteroatoms.